The highest BCUT2D eigenvalue weighted by Crippen LogP contribution is 2.23. The number of para-hydroxylation sites is 1. The van der Waals surface area contributed by atoms with Gasteiger partial charge in [-0.25, -0.2) is 4.98 Å². The van der Waals surface area contributed by atoms with E-state index < -0.39 is 0 Å². The summed E-state index contributed by atoms with van der Waals surface area (Å²) in [6.07, 6.45) is 1.70. The van der Waals surface area contributed by atoms with Gasteiger partial charge in [0.15, 0.2) is 0 Å². The summed E-state index contributed by atoms with van der Waals surface area (Å²) in [6, 6.07) is 11.8. The van der Waals surface area contributed by atoms with Crippen molar-refractivity contribution in [3.05, 3.63) is 53.7 Å². The number of alkyl halides is 1. The molecule has 0 amide bonds. The number of nitrogens with zero attached hydrogens (tertiary/aromatic N) is 1. The minimum absolute atomic E-state index is 0.445. The lowest BCUT2D eigenvalue weighted by molar-refractivity contribution is 0.292. The summed E-state index contributed by atoms with van der Waals surface area (Å²) in [7, 11) is 1.61. The SMILES string of the molecule is COc1ncccc1COc1ccccc1CBr. The quantitative estimate of drug-likeness (QED) is 0.791. The number of aromatic nitrogens is 1. The Morgan fingerprint density at radius 1 is 1.11 bits per heavy atom. The number of ether oxygens (including phenoxy) is 2. The molecule has 2 rings (SSSR count). The van der Waals surface area contributed by atoms with Gasteiger partial charge in [0, 0.05) is 17.1 Å². The predicted molar refractivity (Wildman–Crippen MR) is 74.2 cm³/mol. The van der Waals surface area contributed by atoms with Gasteiger partial charge in [-0.15, -0.1) is 0 Å². The summed E-state index contributed by atoms with van der Waals surface area (Å²) in [5.41, 5.74) is 2.06. The topological polar surface area (TPSA) is 31.4 Å². The molecule has 0 aliphatic rings. The maximum atomic E-state index is 5.81. The van der Waals surface area contributed by atoms with E-state index in [1.54, 1.807) is 13.3 Å². The molecule has 0 aliphatic carbocycles. The summed E-state index contributed by atoms with van der Waals surface area (Å²) in [4.78, 5) is 4.14. The van der Waals surface area contributed by atoms with E-state index in [4.69, 9.17) is 9.47 Å². The monoisotopic (exact) mass is 307 g/mol. The fourth-order valence-corrected chi connectivity index (χ4v) is 2.09. The number of methoxy groups -OCH3 is 1. The molecule has 0 aliphatic heterocycles. The first-order valence-corrected chi connectivity index (χ1v) is 6.72. The van der Waals surface area contributed by atoms with Crippen LogP contribution in [0.25, 0.3) is 0 Å². The van der Waals surface area contributed by atoms with E-state index in [0.717, 1.165) is 22.2 Å². The maximum Gasteiger partial charge on any atom is 0.219 e. The molecular formula is C14H14BrNO2. The van der Waals surface area contributed by atoms with Crippen LogP contribution < -0.4 is 9.47 Å². The molecular weight excluding hydrogens is 294 g/mol. The standard InChI is InChI=1S/C14H14BrNO2/c1-17-14-12(6-4-8-16-14)10-18-13-7-3-2-5-11(13)9-15/h2-8H,9-10H2,1H3. The molecule has 0 fully saturated rings. The average molecular weight is 308 g/mol. The lowest BCUT2D eigenvalue weighted by atomic mass is 10.2. The number of halogens is 1. The van der Waals surface area contributed by atoms with Crippen molar-refractivity contribution in [3.63, 3.8) is 0 Å². The van der Waals surface area contributed by atoms with Gasteiger partial charge in [0.25, 0.3) is 0 Å². The van der Waals surface area contributed by atoms with Crippen LogP contribution >= 0.6 is 15.9 Å². The Labute approximate surface area is 115 Å². The zero-order chi connectivity index (χ0) is 12.8. The minimum atomic E-state index is 0.445. The number of benzene rings is 1. The zero-order valence-corrected chi connectivity index (χ0v) is 11.7. The molecule has 0 saturated carbocycles. The Morgan fingerprint density at radius 2 is 1.89 bits per heavy atom. The lowest BCUT2D eigenvalue weighted by Gasteiger charge is -2.11. The van der Waals surface area contributed by atoms with Crippen LogP contribution in [0, 0.1) is 0 Å². The van der Waals surface area contributed by atoms with Crippen LogP contribution in [0.1, 0.15) is 11.1 Å². The summed E-state index contributed by atoms with van der Waals surface area (Å²) < 4.78 is 11.0. The molecule has 3 nitrogen and oxygen atoms in total. The highest BCUT2D eigenvalue weighted by atomic mass is 79.9. The van der Waals surface area contributed by atoms with E-state index in [0.29, 0.717) is 12.5 Å². The number of hydrogen-bond acceptors (Lipinski definition) is 3. The van der Waals surface area contributed by atoms with Crippen LogP contribution in [0.4, 0.5) is 0 Å². The van der Waals surface area contributed by atoms with Gasteiger partial charge in [-0.05, 0) is 18.2 Å². The highest BCUT2D eigenvalue weighted by Gasteiger charge is 2.06. The second-order valence-electron chi connectivity index (χ2n) is 3.70. The van der Waals surface area contributed by atoms with E-state index in [1.165, 1.54) is 0 Å². The second kappa shape index (κ2) is 6.40. The summed E-state index contributed by atoms with van der Waals surface area (Å²) in [5.74, 6) is 1.48. The molecule has 0 radical (unpaired) electrons. The Balaban J connectivity index is 2.11. The number of pyridine rings is 1. The molecule has 0 bridgehead atoms. The van der Waals surface area contributed by atoms with Crippen molar-refractivity contribution in [1.29, 1.82) is 0 Å². The van der Waals surface area contributed by atoms with Crippen LogP contribution in [0.3, 0.4) is 0 Å². The molecule has 2 aromatic rings. The molecule has 0 N–H and O–H groups in total. The largest absolute Gasteiger partial charge is 0.488 e. The second-order valence-corrected chi connectivity index (χ2v) is 4.26. The lowest BCUT2D eigenvalue weighted by Crippen LogP contribution is -2.01. The van der Waals surface area contributed by atoms with Gasteiger partial charge in [0.05, 0.1) is 12.7 Å². The zero-order valence-electron chi connectivity index (χ0n) is 10.1. The van der Waals surface area contributed by atoms with Crippen molar-refractivity contribution in [2.45, 2.75) is 11.9 Å². The van der Waals surface area contributed by atoms with Gasteiger partial charge in [-0.2, -0.15) is 0 Å². The molecule has 18 heavy (non-hydrogen) atoms. The fraction of sp³-hybridized carbons (Fsp3) is 0.214. The van der Waals surface area contributed by atoms with Crippen LogP contribution in [-0.4, -0.2) is 12.1 Å². The maximum absolute atomic E-state index is 5.81. The molecule has 0 atom stereocenters. The number of hydrogen-bond donors (Lipinski definition) is 0. The van der Waals surface area contributed by atoms with Crippen LogP contribution in [0.15, 0.2) is 42.6 Å². The van der Waals surface area contributed by atoms with Crippen molar-refractivity contribution in [3.8, 4) is 11.6 Å². The average Bonchev–Trinajstić information content (AvgIpc) is 2.45. The molecule has 4 heteroatoms. The van der Waals surface area contributed by atoms with Crippen molar-refractivity contribution < 1.29 is 9.47 Å². The van der Waals surface area contributed by atoms with E-state index in [9.17, 15) is 0 Å². The van der Waals surface area contributed by atoms with Gasteiger partial charge in [-0.3, -0.25) is 0 Å². The Morgan fingerprint density at radius 3 is 2.67 bits per heavy atom. The first-order valence-electron chi connectivity index (χ1n) is 5.59. The van der Waals surface area contributed by atoms with Crippen molar-refractivity contribution in [2.75, 3.05) is 7.11 Å². The van der Waals surface area contributed by atoms with Gasteiger partial charge in [-0.1, -0.05) is 34.1 Å². The van der Waals surface area contributed by atoms with E-state index in [-0.39, 0.29) is 0 Å². The van der Waals surface area contributed by atoms with E-state index >= 15 is 0 Å². The molecule has 0 saturated heterocycles. The van der Waals surface area contributed by atoms with Crippen molar-refractivity contribution in [1.82, 2.24) is 4.98 Å². The van der Waals surface area contributed by atoms with Crippen molar-refractivity contribution >= 4 is 15.9 Å². The predicted octanol–water partition coefficient (Wildman–Crippen LogP) is 3.56. The number of rotatable bonds is 5. The molecule has 1 aromatic carbocycles. The fourth-order valence-electron chi connectivity index (χ4n) is 1.63. The Kier molecular flexibility index (Phi) is 4.59. The minimum Gasteiger partial charge on any atom is -0.488 e. The van der Waals surface area contributed by atoms with E-state index in [2.05, 4.69) is 20.9 Å². The van der Waals surface area contributed by atoms with Gasteiger partial charge in [0.2, 0.25) is 5.88 Å². The first-order chi connectivity index (χ1) is 8.85. The van der Waals surface area contributed by atoms with Crippen molar-refractivity contribution in [2.24, 2.45) is 0 Å². The first kappa shape index (κ1) is 12.9. The summed E-state index contributed by atoms with van der Waals surface area (Å²) in [6.45, 7) is 0.445. The Bertz CT molecular complexity index is 469. The summed E-state index contributed by atoms with van der Waals surface area (Å²) in [5, 5.41) is 0.771. The Hall–Kier alpha value is -1.55. The molecule has 0 unspecified atom stereocenters. The van der Waals surface area contributed by atoms with Gasteiger partial charge in [0.1, 0.15) is 12.4 Å². The highest BCUT2D eigenvalue weighted by molar-refractivity contribution is 9.08. The van der Waals surface area contributed by atoms with E-state index in [1.807, 2.05) is 36.4 Å². The molecule has 0 spiro atoms. The normalized spacial score (nSPS) is 10.1. The molecule has 1 heterocycles. The third-order valence-corrected chi connectivity index (χ3v) is 3.15. The smallest absolute Gasteiger partial charge is 0.219 e. The van der Waals surface area contributed by atoms with Gasteiger partial charge < -0.3 is 9.47 Å². The summed E-state index contributed by atoms with van der Waals surface area (Å²) >= 11 is 3.45. The van der Waals surface area contributed by atoms with Crippen LogP contribution in [-0.2, 0) is 11.9 Å². The van der Waals surface area contributed by atoms with Crippen LogP contribution in [0.5, 0.6) is 11.6 Å². The van der Waals surface area contributed by atoms with Gasteiger partial charge >= 0.3 is 0 Å². The molecule has 1 aromatic heterocycles. The third-order valence-electron chi connectivity index (χ3n) is 2.54. The molecule has 94 valence electrons. The van der Waals surface area contributed by atoms with Crippen LogP contribution in [0.2, 0.25) is 0 Å². The third kappa shape index (κ3) is 3.01.